The van der Waals surface area contributed by atoms with Crippen LogP contribution in [-0.4, -0.2) is 21.8 Å². The van der Waals surface area contributed by atoms with Crippen molar-refractivity contribution in [2.24, 2.45) is 5.16 Å². The first-order valence-electron chi connectivity index (χ1n) is 13.1. The molecule has 7 nitrogen and oxygen atoms in total. The molecule has 0 aliphatic heterocycles. The van der Waals surface area contributed by atoms with E-state index >= 15 is 0 Å². The maximum atomic E-state index is 11.8. The van der Waals surface area contributed by atoms with Crippen LogP contribution in [-0.2, 0) is 22.8 Å². The molecule has 7 heteroatoms. The number of ether oxygens (including phenoxy) is 1. The summed E-state index contributed by atoms with van der Waals surface area (Å²) in [5.74, 6) is 0.763. The largest absolute Gasteiger partial charge is 0.487 e. The van der Waals surface area contributed by atoms with Crippen molar-refractivity contribution >= 4 is 23.8 Å². The molecule has 0 saturated heterocycles. The topological polar surface area (TPSA) is 94.2 Å². The smallest absolute Gasteiger partial charge is 0.358 e. The predicted octanol–water partition coefficient (Wildman–Crippen LogP) is 7.40. The molecule has 0 amide bonds. The number of nitrogens with zero attached hydrogens (tertiary/aromatic N) is 2. The van der Waals surface area contributed by atoms with E-state index in [4.69, 9.17) is 14.0 Å². The molecule has 1 N–H and O–H groups in total. The summed E-state index contributed by atoms with van der Waals surface area (Å²) in [6.07, 6.45) is 3.97. The highest BCUT2D eigenvalue weighted by Crippen LogP contribution is 2.23. The summed E-state index contributed by atoms with van der Waals surface area (Å²) in [4.78, 5) is 21.8. The fraction of sp³-hybridized carbons (Fsp3) is 0.0882. The summed E-state index contributed by atoms with van der Waals surface area (Å²) in [7, 11) is 0. The number of carboxylic acids is 1. The first kappa shape index (κ1) is 27.1. The van der Waals surface area contributed by atoms with E-state index in [-0.39, 0.29) is 18.9 Å². The minimum atomic E-state index is -1.17. The molecule has 0 radical (unpaired) electrons. The van der Waals surface area contributed by atoms with Crippen molar-refractivity contribution in [2.75, 3.05) is 0 Å². The van der Waals surface area contributed by atoms with E-state index in [0.717, 1.165) is 27.9 Å². The van der Waals surface area contributed by atoms with Crippen LogP contribution in [0.2, 0.25) is 0 Å². The molecule has 0 bridgehead atoms. The maximum Gasteiger partial charge on any atom is 0.358 e. The summed E-state index contributed by atoms with van der Waals surface area (Å²) < 4.78 is 11.7. The van der Waals surface area contributed by atoms with E-state index < -0.39 is 5.97 Å². The highest BCUT2D eigenvalue weighted by Gasteiger charge is 2.14. The second-order valence-corrected chi connectivity index (χ2v) is 9.21. The van der Waals surface area contributed by atoms with E-state index in [1.165, 1.54) is 0 Å². The van der Waals surface area contributed by atoms with Gasteiger partial charge in [0.1, 0.15) is 30.4 Å². The molecule has 5 rings (SSSR count). The third kappa shape index (κ3) is 7.36. The Morgan fingerprint density at radius 3 is 2.12 bits per heavy atom. The molecule has 0 aliphatic rings. The van der Waals surface area contributed by atoms with Gasteiger partial charge in [0.05, 0.1) is 0 Å². The first-order chi connectivity index (χ1) is 20.0. The SMILES string of the molecule is Cc1oc(-c2ccccc2)nc1COc1ccc(CO/N=C(/C(=O)O)c2ccc(/C=C/c3ccccc3)cc2)cc1. The lowest BCUT2D eigenvalue weighted by Crippen LogP contribution is -2.15. The van der Waals surface area contributed by atoms with Gasteiger partial charge in [0.2, 0.25) is 5.89 Å². The van der Waals surface area contributed by atoms with Crippen molar-refractivity contribution in [1.82, 2.24) is 4.98 Å². The summed E-state index contributed by atoms with van der Waals surface area (Å²) in [5, 5.41) is 13.6. The molecule has 0 fully saturated rings. The zero-order valence-electron chi connectivity index (χ0n) is 22.4. The Hall–Kier alpha value is -5.43. The van der Waals surface area contributed by atoms with E-state index in [1.54, 1.807) is 12.1 Å². The quantitative estimate of drug-likeness (QED) is 0.106. The van der Waals surface area contributed by atoms with Crippen LogP contribution in [0.4, 0.5) is 0 Å². The van der Waals surface area contributed by atoms with Gasteiger partial charge in [-0.05, 0) is 47.9 Å². The van der Waals surface area contributed by atoms with Crippen LogP contribution in [0, 0.1) is 6.92 Å². The maximum absolute atomic E-state index is 11.8. The average Bonchev–Trinajstić information content (AvgIpc) is 3.39. The number of carbonyl (C=O) groups is 1. The van der Waals surface area contributed by atoms with Crippen LogP contribution >= 0.6 is 0 Å². The number of rotatable bonds is 11. The highest BCUT2D eigenvalue weighted by atomic mass is 16.6. The van der Waals surface area contributed by atoms with Gasteiger partial charge in [-0.1, -0.05) is 102 Å². The Morgan fingerprint density at radius 2 is 1.46 bits per heavy atom. The van der Waals surface area contributed by atoms with Crippen molar-refractivity contribution in [2.45, 2.75) is 20.1 Å². The van der Waals surface area contributed by atoms with Gasteiger partial charge in [0.15, 0.2) is 5.71 Å². The Kier molecular flexibility index (Phi) is 8.66. The molecular weight excluding hydrogens is 516 g/mol. The molecule has 0 saturated carbocycles. The Balaban J connectivity index is 1.15. The van der Waals surface area contributed by atoms with Crippen molar-refractivity contribution < 1.29 is 23.9 Å². The number of carboxylic acid groups (broad SMARTS) is 1. The van der Waals surface area contributed by atoms with E-state index in [1.807, 2.05) is 116 Å². The van der Waals surface area contributed by atoms with Crippen molar-refractivity contribution in [3.8, 4) is 17.2 Å². The minimum Gasteiger partial charge on any atom is -0.487 e. The summed E-state index contributed by atoms with van der Waals surface area (Å²) in [6, 6.07) is 34.1. The highest BCUT2D eigenvalue weighted by molar-refractivity contribution is 6.42. The molecule has 1 aromatic heterocycles. The van der Waals surface area contributed by atoms with Crippen LogP contribution in [0.25, 0.3) is 23.6 Å². The summed E-state index contributed by atoms with van der Waals surface area (Å²) >= 11 is 0. The molecule has 0 unspecified atom stereocenters. The van der Waals surface area contributed by atoms with Crippen LogP contribution in [0.1, 0.15) is 33.7 Å². The number of aromatic nitrogens is 1. The molecule has 204 valence electrons. The van der Waals surface area contributed by atoms with Gasteiger partial charge in [0.25, 0.3) is 0 Å². The number of oxazole rings is 1. The van der Waals surface area contributed by atoms with Crippen LogP contribution in [0.3, 0.4) is 0 Å². The van der Waals surface area contributed by atoms with Gasteiger partial charge in [-0.2, -0.15) is 0 Å². The first-order valence-corrected chi connectivity index (χ1v) is 13.1. The fourth-order valence-corrected chi connectivity index (χ4v) is 4.00. The minimum absolute atomic E-state index is 0.109. The molecule has 41 heavy (non-hydrogen) atoms. The standard InChI is InChI=1S/C34H28N2O5/c1-24-31(35-33(41-24)29-10-6-3-7-11-29)23-39-30-20-16-27(17-21-30)22-40-36-32(34(37)38)28-18-14-26(15-19-28)13-12-25-8-4-2-5-9-25/h2-21H,22-23H2,1H3,(H,37,38)/b13-12+,36-32+. The molecule has 0 aliphatic carbocycles. The number of aryl methyl sites for hydroxylation is 1. The van der Waals surface area contributed by atoms with Gasteiger partial charge in [-0.25, -0.2) is 9.78 Å². The van der Waals surface area contributed by atoms with Crippen LogP contribution < -0.4 is 4.74 Å². The van der Waals surface area contributed by atoms with Crippen molar-refractivity contribution in [3.63, 3.8) is 0 Å². The fourth-order valence-electron chi connectivity index (χ4n) is 4.00. The van der Waals surface area contributed by atoms with E-state index in [2.05, 4.69) is 10.1 Å². The molecule has 5 aromatic rings. The number of hydrogen-bond donors (Lipinski definition) is 1. The molecule has 1 heterocycles. The molecule has 0 atom stereocenters. The lowest BCUT2D eigenvalue weighted by Gasteiger charge is -2.07. The molecular formula is C34H28N2O5. The van der Waals surface area contributed by atoms with Gasteiger partial charge < -0.3 is 19.1 Å². The zero-order valence-corrected chi connectivity index (χ0v) is 22.4. The number of benzene rings is 4. The lowest BCUT2D eigenvalue weighted by atomic mass is 10.1. The van der Waals surface area contributed by atoms with Crippen LogP contribution in [0.15, 0.2) is 119 Å². The van der Waals surface area contributed by atoms with Gasteiger partial charge >= 0.3 is 5.97 Å². The van der Waals surface area contributed by atoms with Crippen molar-refractivity contribution in [3.05, 3.63) is 143 Å². The second kappa shape index (κ2) is 13.1. The lowest BCUT2D eigenvalue weighted by molar-refractivity contribution is -0.129. The Labute approximate surface area is 238 Å². The Bertz CT molecular complexity index is 1640. The molecule has 0 spiro atoms. The van der Waals surface area contributed by atoms with Gasteiger partial charge in [0, 0.05) is 11.1 Å². The van der Waals surface area contributed by atoms with Gasteiger partial charge in [-0.15, -0.1) is 0 Å². The van der Waals surface area contributed by atoms with E-state index in [0.29, 0.717) is 23.0 Å². The van der Waals surface area contributed by atoms with Gasteiger partial charge in [-0.3, -0.25) is 0 Å². The summed E-state index contributed by atoms with van der Waals surface area (Å²) in [6.45, 7) is 2.24. The van der Waals surface area contributed by atoms with Crippen LogP contribution in [0.5, 0.6) is 5.75 Å². The normalized spacial score (nSPS) is 11.5. The average molecular weight is 545 g/mol. The summed E-state index contributed by atoms with van der Waals surface area (Å²) in [5.41, 5.74) is 4.77. The molecule has 4 aromatic carbocycles. The van der Waals surface area contributed by atoms with Crippen molar-refractivity contribution in [1.29, 1.82) is 0 Å². The predicted molar refractivity (Wildman–Crippen MR) is 158 cm³/mol. The zero-order chi connectivity index (χ0) is 28.4. The number of hydrogen-bond acceptors (Lipinski definition) is 6. The number of oxime groups is 1. The third-order valence-corrected chi connectivity index (χ3v) is 6.25. The third-order valence-electron chi connectivity index (χ3n) is 6.25. The second-order valence-electron chi connectivity index (χ2n) is 9.21. The number of aliphatic carboxylic acids is 1. The monoisotopic (exact) mass is 544 g/mol. The Morgan fingerprint density at radius 1 is 0.829 bits per heavy atom. The van der Waals surface area contributed by atoms with E-state index in [9.17, 15) is 9.90 Å².